The summed E-state index contributed by atoms with van der Waals surface area (Å²) in [5.41, 5.74) is -0.755. The number of rotatable bonds is 5. The van der Waals surface area contributed by atoms with E-state index in [0.29, 0.717) is 16.5 Å². The predicted octanol–water partition coefficient (Wildman–Crippen LogP) is 3.83. The summed E-state index contributed by atoms with van der Waals surface area (Å²) in [6.45, 7) is 4.60. The van der Waals surface area contributed by atoms with Crippen molar-refractivity contribution in [3.05, 3.63) is 53.6 Å². The molecule has 9 nitrogen and oxygen atoms in total. The van der Waals surface area contributed by atoms with Crippen molar-refractivity contribution >= 4 is 33.7 Å². The monoisotopic (exact) mass is 496 g/mol. The summed E-state index contributed by atoms with van der Waals surface area (Å²) in [6.07, 6.45) is -0.686. The Balaban J connectivity index is 1.76. The molecule has 0 saturated carbocycles. The van der Waals surface area contributed by atoms with E-state index in [1.54, 1.807) is 45.0 Å². The van der Waals surface area contributed by atoms with Crippen LogP contribution in [0.25, 0.3) is 0 Å². The minimum absolute atomic E-state index is 0.00961. The number of carboxylic acid groups (broad SMARTS) is 1. The van der Waals surface area contributed by atoms with Crippen molar-refractivity contribution in [2.45, 2.75) is 37.3 Å². The standard InChI is InChI=1S/C22H25ClN2O7S/c1-22(2,3)32-21(28)24-12-13-25(19(14-24)20(26)27)33(29,30)18-10-8-17(9-11-18)31-16-6-4-15(23)5-7-16/h4-11,19H,12-14H2,1-3H3,(H,26,27)/t19-/m1/s1. The van der Waals surface area contributed by atoms with Crippen molar-refractivity contribution < 1.29 is 32.6 Å². The van der Waals surface area contributed by atoms with Crippen molar-refractivity contribution in [1.82, 2.24) is 9.21 Å². The fourth-order valence-electron chi connectivity index (χ4n) is 3.20. The predicted molar refractivity (Wildman–Crippen MR) is 121 cm³/mol. The van der Waals surface area contributed by atoms with Crippen LogP contribution in [0.5, 0.6) is 11.5 Å². The second-order valence-electron chi connectivity index (χ2n) is 8.42. The lowest BCUT2D eigenvalue weighted by Crippen LogP contribution is -2.59. The van der Waals surface area contributed by atoms with Gasteiger partial charge in [0.2, 0.25) is 10.0 Å². The SMILES string of the molecule is CC(C)(C)OC(=O)N1CCN(S(=O)(=O)c2ccc(Oc3ccc(Cl)cc3)cc2)[C@@H](C(=O)O)C1. The maximum absolute atomic E-state index is 13.2. The number of carbonyl (C=O) groups is 2. The molecule has 11 heteroatoms. The molecule has 1 heterocycles. The largest absolute Gasteiger partial charge is 0.480 e. The van der Waals surface area contributed by atoms with Crippen LogP contribution >= 0.6 is 11.6 Å². The smallest absolute Gasteiger partial charge is 0.410 e. The van der Waals surface area contributed by atoms with Crippen LogP contribution in [-0.4, -0.2) is 66.1 Å². The van der Waals surface area contributed by atoms with E-state index in [1.807, 2.05) is 0 Å². The lowest BCUT2D eigenvalue weighted by Gasteiger charge is -2.38. The summed E-state index contributed by atoms with van der Waals surface area (Å²) < 4.78 is 38.2. The fraction of sp³-hybridized carbons (Fsp3) is 0.364. The van der Waals surface area contributed by atoms with E-state index in [9.17, 15) is 23.1 Å². The second kappa shape index (κ2) is 9.58. The first-order valence-corrected chi connectivity index (χ1v) is 11.9. The number of amides is 1. The van der Waals surface area contributed by atoms with E-state index in [0.717, 1.165) is 4.31 Å². The van der Waals surface area contributed by atoms with Crippen LogP contribution in [0, 0.1) is 0 Å². The van der Waals surface area contributed by atoms with Gasteiger partial charge in [-0.1, -0.05) is 11.6 Å². The van der Waals surface area contributed by atoms with E-state index in [4.69, 9.17) is 21.1 Å². The number of carbonyl (C=O) groups excluding carboxylic acids is 1. The van der Waals surface area contributed by atoms with Gasteiger partial charge in [-0.2, -0.15) is 4.31 Å². The molecule has 33 heavy (non-hydrogen) atoms. The van der Waals surface area contributed by atoms with Crippen LogP contribution in [0.3, 0.4) is 0 Å². The first-order chi connectivity index (χ1) is 15.4. The number of nitrogens with zero attached hydrogens (tertiary/aromatic N) is 2. The molecule has 0 aromatic heterocycles. The molecule has 1 fully saturated rings. The molecule has 0 bridgehead atoms. The number of aliphatic carboxylic acids is 1. The van der Waals surface area contributed by atoms with Gasteiger partial charge < -0.3 is 19.5 Å². The van der Waals surface area contributed by atoms with E-state index < -0.39 is 33.7 Å². The summed E-state index contributed by atoms with van der Waals surface area (Å²) in [6, 6.07) is 10.9. The molecular weight excluding hydrogens is 472 g/mol. The Morgan fingerprint density at radius 2 is 1.55 bits per heavy atom. The van der Waals surface area contributed by atoms with Gasteiger partial charge >= 0.3 is 12.1 Å². The molecule has 0 unspecified atom stereocenters. The average Bonchev–Trinajstić information content (AvgIpc) is 2.74. The minimum Gasteiger partial charge on any atom is -0.480 e. The third kappa shape index (κ3) is 6.16. The van der Waals surface area contributed by atoms with Crippen LogP contribution in [0.1, 0.15) is 20.8 Å². The summed E-state index contributed by atoms with van der Waals surface area (Å²) in [4.78, 5) is 25.3. The van der Waals surface area contributed by atoms with Gasteiger partial charge in [0.1, 0.15) is 23.1 Å². The van der Waals surface area contributed by atoms with Gasteiger partial charge in [0.25, 0.3) is 0 Å². The van der Waals surface area contributed by atoms with Gasteiger partial charge in [-0.05, 0) is 69.3 Å². The zero-order chi connectivity index (χ0) is 24.4. The van der Waals surface area contributed by atoms with Gasteiger partial charge in [-0.25, -0.2) is 13.2 Å². The lowest BCUT2D eigenvalue weighted by atomic mass is 10.2. The van der Waals surface area contributed by atoms with Gasteiger partial charge in [-0.3, -0.25) is 4.79 Å². The highest BCUT2D eigenvalue weighted by molar-refractivity contribution is 7.89. The average molecular weight is 497 g/mol. The van der Waals surface area contributed by atoms with Crippen molar-refractivity contribution in [2.24, 2.45) is 0 Å². The third-order valence-corrected chi connectivity index (χ3v) is 6.92. The van der Waals surface area contributed by atoms with Crippen LogP contribution < -0.4 is 4.74 Å². The Bertz CT molecular complexity index is 1110. The number of halogens is 1. The molecule has 1 aliphatic heterocycles. The second-order valence-corrected chi connectivity index (χ2v) is 10.8. The van der Waals surface area contributed by atoms with Crippen LogP contribution in [-0.2, 0) is 19.6 Å². The molecule has 3 rings (SSSR count). The Morgan fingerprint density at radius 1 is 1.00 bits per heavy atom. The molecule has 0 radical (unpaired) electrons. The highest BCUT2D eigenvalue weighted by atomic mass is 35.5. The highest BCUT2D eigenvalue weighted by Gasteiger charge is 2.42. The molecule has 178 valence electrons. The number of sulfonamides is 1. The zero-order valence-corrected chi connectivity index (χ0v) is 20.0. The highest BCUT2D eigenvalue weighted by Crippen LogP contribution is 2.27. The Labute approximate surface area is 197 Å². The fourth-order valence-corrected chi connectivity index (χ4v) is 4.89. The Morgan fingerprint density at radius 3 is 2.06 bits per heavy atom. The first kappa shape index (κ1) is 24.8. The topological polar surface area (TPSA) is 113 Å². The van der Waals surface area contributed by atoms with Gasteiger partial charge in [0.15, 0.2) is 0 Å². The number of hydrogen-bond donors (Lipinski definition) is 1. The van der Waals surface area contributed by atoms with Gasteiger partial charge in [0, 0.05) is 18.1 Å². The zero-order valence-electron chi connectivity index (χ0n) is 18.4. The van der Waals surface area contributed by atoms with E-state index in [-0.39, 0.29) is 24.5 Å². The number of ether oxygens (including phenoxy) is 2. The molecule has 1 aliphatic rings. The third-order valence-electron chi connectivity index (χ3n) is 4.75. The number of benzene rings is 2. The molecule has 2 aromatic carbocycles. The van der Waals surface area contributed by atoms with Gasteiger partial charge in [0.05, 0.1) is 11.4 Å². The van der Waals surface area contributed by atoms with E-state index in [2.05, 4.69) is 0 Å². The normalized spacial score (nSPS) is 17.5. The van der Waals surface area contributed by atoms with Crippen molar-refractivity contribution in [2.75, 3.05) is 19.6 Å². The van der Waals surface area contributed by atoms with E-state index >= 15 is 0 Å². The molecule has 0 spiro atoms. The summed E-state index contributed by atoms with van der Waals surface area (Å²) >= 11 is 5.85. The maximum atomic E-state index is 13.2. The molecular formula is C22H25ClN2O7S. The summed E-state index contributed by atoms with van der Waals surface area (Å²) in [5, 5.41) is 10.2. The minimum atomic E-state index is -4.13. The molecule has 1 atom stereocenters. The van der Waals surface area contributed by atoms with Gasteiger partial charge in [-0.15, -0.1) is 0 Å². The van der Waals surface area contributed by atoms with Crippen molar-refractivity contribution in [1.29, 1.82) is 0 Å². The maximum Gasteiger partial charge on any atom is 0.410 e. The quantitative estimate of drug-likeness (QED) is 0.669. The first-order valence-electron chi connectivity index (χ1n) is 10.1. The van der Waals surface area contributed by atoms with Crippen LogP contribution in [0.15, 0.2) is 53.4 Å². The van der Waals surface area contributed by atoms with Crippen molar-refractivity contribution in [3.63, 3.8) is 0 Å². The lowest BCUT2D eigenvalue weighted by molar-refractivity contribution is -0.143. The summed E-state index contributed by atoms with van der Waals surface area (Å²) in [5.74, 6) is -0.422. The molecule has 2 aromatic rings. The van der Waals surface area contributed by atoms with Crippen LogP contribution in [0.2, 0.25) is 5.02 Å². The summed E-state index contributed by atoms with van der Waals surface area (Å²) in [7, 11) is -4.13. The molecule has 1 amide bonds. The number of hydrogen-bond acceptors (Lipinski definition) is 6. The molecule has 0 aliphatic carbocycles. The van der Waals surface area contributed by atoms with Crippen molar-refractivity contribution in [3.8, 4) is 11.5 Å². The molecule has 1 N–H and O–H groups in total. The number of piperazine rings is 1. The Kier molecular flexibility index (Phi) is 7.20. The van der Waals surface area contributed by atoms with Crippen LogP contribution in [0.4, 0.5) is 4.79 Å². The van der Waals surface area contributed by atoms with E-state index in [1.165, 1.54) is 29.2 Å². The molecule has 1 saturated heterocycles. The Hall–Kier alpha value is -2.82. The number of carboxylic acids is 1.